The van der Waals surface area contributed by atoms with Gasteiger partial charge >= 0.3 is 5.69 Å². The number of carbonyl (C=O) groups is 4. The molecule has 1 atom stereocenters. The van der Waals surface area contributed by atoms with E-state index in [0.29, 0.717) is 28.5 Å². The lowest BCUT2D eigenvalue weighted by Gasteiger charge is -2.37. The molecule has 57 heavy (non-hydrogen) atoms. The molecule has 8 rings (SSSR count). The van der Waals surface area contributed by atoms with Gasteiger partial charge in [0.1, 0.15) is 30.6 Å². The van der Waals surface area contributed by atoms with Crippen molar-refractivity contribution in [2.75, 3.05) is 16.2 Å². The number of hydrogen-bond acceptors (Lipinski definition) is 9. The summed E-state index contributed by atoms with van der Waals surface area (Å²) < 4.78 is 49.2. The number of benzene rings is 5. The topological polar surface area (TPSA) is 184 Å². The van der Waals surface area contributed by atoms with E-state index in [1.54, 1.807) is 25.2 Å². The fourth-order valence-electron chi connectivity index (χ4n) is 7.27. The summed E-state index contributed by atoms with van der Waals surface area (Å²) in [4.78, 5) is 62.6. The van der Waals surface area contributed by atoms with Gasteiger partial charge in [0.25, 0.3) is 5.91 Å². The molecule has 1 aromatic heterocycles. The molecular formula is C41H37FN6O8S. The largest absolute Gasteiger partial charge is 0.487 e. The van der Waals surface area contributed by atoms with Gasteiger partial charge in [-0.15, -0.1) is 0 Å². The molecule has 0 radical (unpaired) electrons. The second-order valence-corrected chi connectivity index (χ2v) is 15.6. The van der Waals surface area contributed by atoms with Crippen LogP contribution in [0.2, 0.25) is 0 Å². The fourth-order valence-corrected chi connectivity index (χ4v) is 8.47. The third kappa shape index (κ3) is 7.33. The Kier molecular flexibility index (Phi) is 9.77. The highest BCUT2D eigenvalue weighted by Crippen LogP contribution is 2.51. The number of carbonyl (C=O) groups excluding carboxylic acids is 4. The van der Waals surface area contributed by atoms with E-state index in [9.17, 15) is 33.1 Å². The Labute approximate surface area is 326 Å². The molecule has 0 aliphatic carbocycles. The SMILES string of the molecule is Cn1c(=O)n(C2CCC(=O)NC2=O)c2ccc(-c3ccc(CCC(=O)Nc4ccc5c(F)c(N6CC(=O)NS6(O)O)c(OCc6ccccc6)cc5c4)cc3)cc21. The number of nitrogens with zero attached hydrogens (tertiary/aromatic N) is 3. The maximum absolute atomic E-state index is 16.2. The van der Waals surface area contributed by atoms with Crippen LogP contribution < -0.4 is 30.1 Å². The molecule has 2 fully saturated rings. The molecule has 4 amide bonds. The highest BCUT2D eigenvalue weighted by molar-refractivity contribution is 8.24. The lowest BCUT2D eigenvalue weighted by Crippen LogP contribution is -2.44. The molecule has 0 bridgehead atoms. The second-order valence-electron chi connectivity index (χ2n) is 14.0. The van der Waals surface area contributed by atoms with Crippen molar-refractivity contribution in [1.82, 2.24) is 19.2 Å². The summed E-state index contributed by atoms with van der Waals surface area (Å²) in [5.41, 5.74) is 4.50. The van der Waals surface area contributed by atoms with E-state index in [1.807, 2.05) is 66.7 Å². The Balaban J connectivity index is 0.962. The van der Waals surface area contributed by atoms with Gasteiger partial charge in [0.15, 0.2) is 5.82 Å². The van der Waals surface area contributed by atoms with Crippen LogP contribution in [0.1, 0.15) is 36.4 Å². The maximum atomic E-state index is 16.2. The number of imide groups is 1. The summed E-state index contributed by atoms with van der Waals surface area (Å²) in [6, 6.07) is 27.8. The third-order valence-corrected chi connectivity index (χ3v) is 11.6. The van der Waals surface area contributed by atoms with E-state index in [2.05, 4.69) is 15.4 Å². The molecule has 6 aromatic rings. The van der Waals surface area contributed by atoms with Gasteiger partial charge < -0.3 is 10.1 Å². The van der Waals surface area contributed by atoms with E-state index >= 15 is 4.39 Å². The van der Waals surface area contributed by atoms with E-state index in [-0.39, 0.29) is 60.2 Å². The molecule has 1 unspecified atom stereocenters. The van der Waals surface area contributed by atoms with Crippen molar-refractivity contribution in [3.8, 4) is 16.9 Å². The fraction of sp³-hybridized carbons (Fsp3) is 0.195. The van der Waals surface area contributed by atoms with Gasteiger partial charge in [0, 0.05) is 31.0 Å². The maximum Gasteiger partial charge on any atom is 0.329 e. The van der Waals surface area contributed by atoms with Crippen LogP contribution in [0, 0.1) is 5.82 Å². The number of nitrogens with one attached hydrogen (secondary N) is 3. The Morgan fingerprint density at radius 2 is 1.65 bits per heavy atom. The minimum atomic E-state index is -3.85. The molecule has 14 nitrogen and oxygen atoms in total. The van der Waals surface area contributed by atoms with Crippen LogP contribution in [-0.4, -0.2) is 48.4 Å². The second kappa shape index (κ2) is 14.9. The van der Waals surface area contributed by atoms with Crippen LogP contribution in [0.25, 0.3) is 32.9 Å². The van der Waals surface area contributed by atoms with Crippen LogP contribution in [0.4, 0.5) is 15.8 Å². The molecule has 5 aromatic carbocycles. The lowest BCUT2D eigenvalue weighted by atomic mass is 10.0. The first-order valence-corrected chi connectivity index (χ1v) is 19.6. The van der Waals surface area contributed by atoms with Crippen LogP contribution in [0.5, 0.6) is 5.75 Å². The Morgan fingerprint density at radius 1 is 0.895 bits per heavy atom. The number of rotatable bonds is 10. The molecule has 16 heteroatoms. The number of piperidine rings is 1. The summed E-state index contributed by atoms with van der Waals surface area (Å²) >= 11 is 0. The van der Waals surface area contributed by atoms with Crippen molar-refractivity contribution in [1.29, 1.82) is 0 Å². The standard InChI is InChI=1S/C41H37FN6O8S/c1-46-33-20-27(12-15-31(33)48(41(46)53)32-16-18-36(50)44-40(32)52)26-10-7-24(8-11-26)9-17-35(49)43-29-13-14-30-28(19-29)21-34(56-23-25-5-3-2-4-6-25)39(38(30)42)47-22-37(51)45-57(47,54)55/h2-8,10-15,19-21,32,54-55H,9,16-18,22-23H2,1H3,(H,43,49)(H,45,51)(H,44,50,52). The number of aryl methyl sites for hydroxylation is 2. The van der Waals surface area contributed by atoms with E-state index < -0.39 is 41.2 Å². The van der Waals surface area contributed by atoms with E-state index in [0.717, 1.165) is 26.6 Å². The zero-order valence-corrected chi connectivity index (χ0v) is 31.3. The minimum Gasteiger partial charge on any atom is -0.487 e. The number of ether oxygens (including phenoxy) is 1. The molecule has 292 valence electrons. The van der Waals surface area contributed by atoms with Gasteiger partial charge in [0.05, 0.1) is 11.0 Å². The molecule has 2 saturated heterocycles. The summed E-state index contributed by atoms with van der Waals surface area (Å²) in [7, 11) is -2.20. The first-order chi connectivity index (χ1) is 27.4. The summed E-state index contributed by atoms with van der Waals surface area (Å²) in [5.74, 6) is -2.61. The summed E-state index contributed by atoms with van der Waals surface area (Å²) in [6.45, 7) is -0.439. The van der Waals surface area contributed by atoms with Gasteiger partial charge in [0.2, 0.25) is 17.7 Å². The first kappa shape index (κ1) is 37.4. The molecule has 0 spiro atoms. The third-order valence-electron chi connectivity index (χ3n) is 10.2. The molecule has 0 saturated carbocycles. The zero-order chi connectivity index (χ0) is 40.0. The first-order valence-electron chi connectivity index (χ1n) is 18.1. The number of hydrogen-bond donors (Lipinski definition) is 5. The van der Waals surface area contributed by atoms with Crippen LogP contribution >= 0.6 is 11.0 Å². The zero-order valence-electron chi connectivity index (χ0n) is 30.5. The summed E-state index contributed by atoms with van der Waals surface area (Å²) in [6.07, 6.45) is 1.01. The number of halogens is 1. The number of fused-ring (bicyclic) bond motifs is 2. The highest BCUT2D eigenvalue weighted by atomic mass is 32.3. The Morgan fingerprint density at radius 3 is 2.37 bits per heavy atom. The monoisotopic (exact) mass is 792 g/mol. The van der Waals surface area contributed by atoms with Gasteiger partial charge in [-0.25, -0.2) is 18.2 Å². The van der Waals surface area contributed by atoms with Gasteiger partial charge in [-0.2, -0.15) is 0 Å². The van der Waals surface area contributed by atoms with Crippen molar-refractivity contribution in [3.63, 3.8) is 0 Å². The van der Waals surface area contributed by atoms with Gasteiger partial charge in [-0.1, -0.05) is 60.7 Å². The average Bonchev–Trinajstić information content (AvgIpc) is 3.61. The Bertz CT molecular complexity index is 2660. The van der Waals surface area contributed by atoms with Crippen molar-refractivity contribution >= 4 is 67.8 Å². The highest BCUT2D eigenvalue weighted by Gasteiger charge is 2.39. The van der Waals surface area contributed by atoms with Gasteiger partial charge in [-0.3, -0.25) is 42.7 Å². The smallest absolute Gasteiger partial charge is 0.329 e. The summed E-state index contributed by atoms with van der Waals surface area (Å²) in [5, 5.41) is 5.70. The van der Waals surface area contributed by atoms with Crippen LogP contribution in [0.15, 0.2) is 102 Å². The number of anilines is 2. The van der Waals surface area contributed by atoms with E-state index in [1.165, 1.54) is 21.3 Å². The molecule has 3 heterocycles. The normalized spacial score (nSPS) is 17.1. The lowest BCUT2D eigenvalue weighted by molar-refractivity contribution is -0.135. The molecule has 5 N–H and O–H groups in total. The number of aromatic nitrogens is 2. The molecule has 2 aliphatic rings. The average molecular weight is 793 g/mol. The predicted octanol–water partition coefficient (Wildman–Crippen LogP) is 5.94. The predicted molar refractivity (Wildman–Crippen MR) is 214 cm³/mol. The quantitative estimate of drug-likeness (QED) is 0.105. The van der Waals surface area contributed by atoms with Crippen molar-refractivity contribution in [3.05, 3.63) is 124 Å². The number of amides is 4. The Hall–Kier alpha value is -6.49. The van der Waals surface area contributed by atoms with Crippen molar-refractivity contribution in [2.24, 2.45) is 7.05 Å². The van der Waals surface area contributed by atoms with Crippen LogP contribution in [-0.2, 0) is 39.3 Å². The molecule has 2 aliphatic heterocycles. The number of imidazole rings is 1. The van der Waals surface area contributed by atoms with Crippen molar-refractivity contribution in [2.45, 2.75) is 38.3 Å². The molecular weight excluding hydrogens is 756 g/mol. The van der Waals surface area contributed by atoms with Crippen LogP contribution in [0.3, 0.4) is 0 Å². The van der Waals surface area contributed by atoms with Gasteiger partial charge in [-0.05, 0) is 87.8 Å². The minimum absolute atomic E-state index is 0.0122. The van der Waals surface area contributed by atoms with E-state index in [4.69, 9.17) is 4.74 Å². The van der Waals surface area contributed by atoms with Crippen molar-refractivity contribution < 1.29 is 37.4 Å².